The Morgan fingerprint density at radius 2 is 2.12 bits per heavy atom. The number of hydrogen-bond acceptors (Lipinski definition) is 5. The van der Waals surface area contributed by atoms with Crippen LogP contribution in [0.1, 0.15) is 15.2 Å². The van der Waals surface area contributed by atoms with E-state index in [-0.39, 0.29) is 9.09 Å². The summed E-state index contributed by atoms with van der Waals surface area (Å²) in [6, 6.07) is 1.23. The summed E-state index contributed by atoms with van der Waals surface area (Å²) in [6.07, 6.45) is 0. The van der Waals surface area contributed by atoms with Gasteiger partial charge in [-0.3, -0.25) is 4.79 Å². The van der Waals surface area contributed by atoms with Crippen LogP contribution in [0.5, 0.6) is 0 Å². The summed E-state index contributed by atoms with van der Waals surface area (Å²) in [4.78, 5) is 21.2. The minimum Gasteiger partial charge on any atom is -0.477 e. The van der Waals surface area contributed by atoms with E-state index in [1.54, 1.807) is 0 Å². The second kappa shape index (κ2) is 4.82. The number of nitrogens with one attached hydrogen (secondary N) is 1. The van der Waals surface area contributed by atoms with Crippen LogP contribution in [-0.2, 0) is 14.8 Å². The molecule has 0 atom stereocenters. The Hall–Kier alpha value is -1.45. The van der Waals surface area contributed by atoms with Crippen LogP contribution >= 0.6 is 11.3 Å². The lowest BCUT2D eigenvalue weighted by molar-refractivity contribution is -0.116. The molecule has 94 valence electrons. The second-order valence-electron chi connectivity index (χ2n) is 3.17. The molecule has 1 amide bonds. The summed E-state index contributed by atoms with van der Waals surface area (Å²) in [5, 5.41) is 8.78. The van der Waals surface area contributed by atoms with Crippen molar-refractivity contribution in [2.45, 2.75) is 11.1 Å². The number of thiophene rings is 1. The number of carbonyl (C=O) groups is 2. The number of amides is 1. The lowest BCUT2D eigenvalue weighted by atomic mass is 10.3. The number of sulfonamides is 1. The first kappa shape index (κ1) is 13.6. The molecule has 0 bridgehead atoms. The number of carbonyl (C=O) groups excluding carboxylic acids is 1. The number of aromatic carboxylic acids is 1. The van der Waals surface area contributed by atoms with Gasteiger partial charge in [-0.25, -0.2) is 17.9 Å². The van der Waals surface area contributed by atoms with E-state index in [0.717, 1.165) is 0 Å². The SMILES string of the molecule is Cc1cc(S(=O)(=O)NCC(N)=O)sc1C(=O)O. The number of primary amides is 1. The zero-order chi connectivity index (χ0) is 13.2. The van der Waals surface area contributed by atoms with Crippen LogP contribution in [0.25, 0.3) is 0 Å². The number of aryl methyl sites for hydroxylation is 1. The molecule has 0 unspecified atom stereocenters. The van der Waals surface area contributed by atoms with Gasteiger partial charge in [-0.2, -0.15) is 0 Å². The minimum atomic E-state index is -3.89. The van der Waals surface area contributed by atoms with E-state index >= 15 is 0 Å². The van der Waals surface area contributed by atoms with Crippen molar-refractivity contribution in [2.75, 3.05) is 6.54 Å². The maximum Gasteiger partial charge on any atom is 0.346 e. The van der Waals surface area contributed by atoms with Crippen molar-refractivity contribution in [3.05, 3.63) is 16.5 Å². The van der Waals surface area contributed by atoms with Crippen LogP contribution in [0.3, 0.4) is 0 Å². The van der Waals surface area contributed by atoms with Gasteiger partial charge in [0.1, 0.15) is 9.09 Å². The first-order chi connectivity index (χ1) is 7.74. The number of carboxylic acid groups (broad SMARTS) is 1. The fourth-order valence-electron chi connectivity index (χ4n) is 1.03. The zero-order valence-corrected chi connectivity index (χ0v) is 10.4. The lowest BCUT2D eigenvalue weighted by Gasteiger charge is -2.00. The van der Waals surface area contributed by atoms with E-state index in [1.807, 2.05) is 4.72 Å². The molecule has 0 aliphatic carbocycles. The molecule has 4 N–H and O–H groups in total. The van der Waals surface area contributed by atoms with Gasteiger partial charge in [0.25, 0.3) is 10.0 Å². The summed E-state index contributed by atoms with van der Waals surface area (Å²) in [6.45, 7) is 0.967. The molecule has 0 aliphatic rings. The quantitative estimate of drug-likeness (QED) is 0.670. The van der Waals surface area contributed by atoms with Gasteiger partial charge < -0.3 is 10.8 Å². The van der Waals surface area contributed by atoms with Gasteiger partial charge in [-0.05, 0) is 18.6 Å². The Bertz CT molecular complexity index is 560. The highest BCUT2D eigenvalue weighted by molar-refractivity contribution is 7.91. The molecule has 0 aliphatic heterocycles. The van der Waals surface area contributed by atoms with Crippen molar-refractivity contribution in [1.29, 1.82) is 0 Å². The predicted molar refractivity (Wildman–Crippen MR) is 60.4 cm³/mol. The van der Waals surface area contributed by atoms with Crippen molar-refractivity contribution in [2.24, 2.45) is 5.73 Å². The van der Waals surface area contributed by atoms with Gasteiger partial charge in [-0.15, -0.1) is 11.3 Å². The zero-order valence-electron chi connectivity index (χ0n) is 8.76. The van der Waals surface area contributed by atoms with Crippen LogP contribution in [0.2, 0.25) is 0 Å². The van der Waals surface area contributed by atoms with Crippen LogP contribution in [0, 0.1) is 6.92 Å². The second-order valence-corrected chi connectivity index (χ2v) is 6.22. The Labute approximate surface area is 101 Å². The van der Waals surface area contributed by atoms with Crippen LogP contribution in [0.4, 0.5) is 0 Å². The molecule has 17 heavy (non-hydrogen) atoms. The maximum absolute atomic E-state index is 11.6. The third-order valence-corrected chi connectivity index (χ3v) is 4.89. The first-order valence-electron chi connectivity index (χ1n) is 4.35. The molecule has 1 heterocycles. The highest BCUT2D eigenvalue weighted by Crippen LogP contribution is 2.25. The molecule has 7 nitrogen and oxygen atoms in total. The van der Waals surface area contributed by atoms with E-state index in [0.29, 0.717) is 16.9 Å². The smallest absolute Gasteiger partial charge is 0.346 e. The molecule has 1 aromatic rings. The average Bonchev–Trinajstić information content (AvgIpc) is 2.58. The van der Waals surface area contributed by atoms with E-state index in [2.05, 4.69) is 0 Å². The summed E-state index contributed by atoms with van der Waals surface area (Å²) in [5.74, 6) is -2.01. The van der Waals surface area contributed by atoms with Crippen molar-refractivity contribution >= 4 is 33.2 Å². The van der Waals surface area contributed by atoms with Crippen molar-refractivity contribution in [3.63, 3.8) is 0 Å². The molecule has 0 saturated carbocycles. The number of hydrogen-bond donors (Lipinski definition) is 3. The molecular weight excluding hydrogens is 268 g/mol. The summed E-state index contributed by atoms with van der Waals surface area (Å²) in [5.41, 5.74) is 5.15. The van der Waals surface area contributed by atoms with E-state index < -0.39 is 28.4 Å². The largest absolute Gasteiger partial charge is 0.477 e. The molecule has 0 saturated heterocycles. The molecule has 0 radical (unpaired) electrons. The lowest BCUT2D eigenvalue weighted by Crippen LogP contribution is -2.32. The van der Waals surface area contributed by atoms with Gasteiger partial charge in [-0.1, -0.05) is 0 Å². The first-order valence-corrected chi connectivity index (χ1v) is 6.65. The summed E-state index contributed by atoms with van der Waals surface area (Å²) < 4.78 is 25.1. The molecule has 0 spiro atoms. The number of rotatable bonds is 5. The van der Waals surface area contributed by atoms with Crippen molar-refractivity contribution < 1.29 is 23.1 Å². The average molecular weight is 278 g/mol. The van der Waals surface area contributed by atoms with Crippen molar-refractivity contribution in [1.82, 2.24) is 4.72 Å². The molecule has 9 heteroatoms. The standard InChI is InChI=1S/C8H10N2O5S2/c1-4-2-6(16-7(4)8(12)13)17(14,15)10-3-5(9)11/h2,10H,3H2,1H3,(H2,9,11)(H,12,13). The van der Waals surface area contributed by atoms with Crippen molar-refractivity contribution in [3.8, 4) is 0 Å². The maximum atomic E-state index is 11.6. The normalized spacial score (nSPS) is 11.4. The fraction of sp³-hybridized carbons (Fsp3) is 0.250. The predicted octanol–water partition coefficient (Wildman–Crippen LogP) is -0.482. The van der Waals surface area contributed by atoms with E-state index in [1.165, 1.54) is 13.0 Å². The van der Waals surface area contributed by atoms with Gasteiger partial charge in [0, 0.05) is 0 Å². The van der Waals surface area contributed by atoms with Gasteiger partial charge in [0.05, 0.1) is 6.54 Å². The van der Waals surface area contributed by atoms with E-state index in [4.69, 9.17) is 10.8 Å². The topological polar surface area (TPSA) is 127 Å². The summed E-state index contributed by atoms with van der Waals surface area (Å²) >= 11 is 0.624. The van der Waals surface area contributed by atoms with Gasteiger partial charge in [0.15, 0.2) is 0 Å². The Balaban J connectivity index is 3.04. The molecule has 0 aromatic carbocycles. The Morgan fingerprint density at radius 3 is 2.53 bits per heavy atom. The summed E-state index contributed by atoms with van der Waals surface area (Å²) in [7, 11) is -3.89. The molecule has 0 fully saturated rings. The Kier molecular flexibility index (Phi) is 3.86. The van der Waals surface area contributed by atoms with Gasteiger partial charge in [0.2, 0.25) is 5.91 Å². The third-order valence-electron chi connectivity index (χ3n) is 1.79. The van der Waals surface area contributed by atoms with Gasteiger partial charge >= 0.3 is 5.97 Å². The molecule has 1 aromatic heterocycles. The van der Waals surface area contributed by atoms with Crippen LogP contribution < -0.4 is 10.5 Å². The number of nitrogens with two attached hydrogens (primary N) is 1. The molecule has 1 rings (SSSR count). The highest BCUT2D eigenvalue weighted by Gasteiger charge is 2.21. The highest BCUT2D eigenvalue weighted by atomic mass is 32.2. The molecular formula is C8H10N2O5S2. The monoisotopic (exact) mass is 278 g/mol. The fourth-order valence-corrected chi connectivity index (χ4v) is 3.45. The van der Waals surface area contributed by atoms with Crippen LogP contribution in [-0.4, -0.2) is 31.9 Å². The minimum absolute atomic E-state index is 0.0514. The van der Waals surface area contributed by atoms with E-state index in [9.17, 15) is 18.0 Å². The number of carboxylic acids is 1. The van der Waals surface area contributed by atoms with Crippen LogP contribution in [0.15, 0.2) is 10.3 Å². The third kappa shape index (κ3) is 3.25. The Morgan fingerprint density at radius 1 is 1.53 bits per heavy atom.